The van der Waals surface area contributed by atoms with E-state index in [1.165, 1.54) is 44.5 Å². The Morgan fingerprint density at radius 3 is 2.00 bits per heavy atom. The molecular weight excluding hydrogens is 338 g/mol. The quantitative estimate of drug-likeness (QED) is 0.319. The molecule has 28 heavy (non-hydrogen) atoms. The number of aromatic nitrogens is 1. The molecule has 5 rings (SSSR count). The molecule has 0 aliphatic carbocycles. The average molecular weight is 359 g/mol. The first-order valence-corrected chi connectivity index (χ1v) is 9.64. The number of hydrogen-bond donors (Lipinski definition) is 0. The van der Waals surface area contributed by atoms with E-state index in [2.05, 4.69) is 121 Å². The molecule has 0 bridgehead atoms. The smallest absolute Gasteiger partial charge is 0.0537 e. The summed E-state index contributed by atoms with van der Waals surface area (Å²) in [4.78, 5) is 0. The number of fused-ring (bicyclic) bond motifs is 1. The van der Waals surface area contributed by atoms with Crippen LogP contribution in [0, 0.1) is 6.92 Å². The van der Waals surface area contributed by atoms with Gasteiger partial charge < -0.3 is 4.57 Å². The molecule has 0 atom stereocenters. The van der Waals surface area contributed by atoms with Crippen molar-refractivity contribution >= 4 is 10.8 Å². The summed E-state index contributed by atoms with van der Waals surface area (Å²) in [5.41, 5.74) is 7.43. The van der Waals surface area contributed by atoms with Gasteiger partial charge in [-0.2, -0.15) is 0 Å². The molecule has 0 spiro atoms. The summed E-state index contributed by atoms with van der Waals surface area (Å²) in [5.74, 6) is 0. The van der Waals surface area contributed by atoms with Crippen molar-refractivity contribution in [2.24, 2.45) is 0 Å². The highest BCUT2D eigenvalue weighted by Gasteiger charge is 2.17. The highest BCUT2D eigenvalue weighted by Crippen LogP contribution is 2.37. The van der Waals surface area contributed by atoms with Crippen molar-refractivity contribution in [1.82, 2.24) is 4.57 Å². The summed E-state index contributed by atoms with van der Waals surface area (Å²) in [6.45, 7) is 2.22. The third-order valence-corrected chi connectivity index (χ3v) is 5.41. The SMILES string of the molecule is Cc1c(-c2cccc3ccccc23)cc(-c2ccccc2)n1-c1ccccc1. The van der Waals surface area contributed by atoms with E-state index in [1.54, 1.807) is 0 Å². The topological polar surface area (TPSA) is 4.93 Å². The molecule has 0 fully saturated rings. The Morgan fingerprint density at radius 2 is 1.21 bits per heavy atom. The monoisotopic (exact) mass is 359 g/mol. The molecule has 0 N–H and O–H groups in total. The molecule has 0 aliphatic heterocycles. The van der Waals surface area contributed by atoms with Gasteiger partial charge in [0.15, 0.2) is 0 Å². The van der Waals surface area contributed by atoms with Crippen molar-refractivity contribution < 1.29 is 0 Å². The predicted molar refractivity (Wildman–Crippen MR) is 119 cm³/mol. The number of hydrogen-bond acceptors (Lipinski definition) is 0. The molecule has 1 heteroatoms. The molecule has 0 saturated heterocycles. The molecule has 1 nitrogen and oxygen atoms in total. The van der Waals surface area contributed by atoms with Crippen LogP contribution in [0.15, 0.2) is 109 Å². The number of rotatable bonds is 3. The van der Waals surface area contributed by atoms with Crippen molar-refractivity contribution in [3.63, 3.8) is 0 Å². The zero-order valence-electron chi connectivity index (χ0n) is 15.8. The second kappa shape index (κ2) is 6.86. The van der Waals surface area contributed by atoms with E-state index >= 15 is 0 Å². The minimum atomic E-state index is 1.19. The summed E-state index contributed by atoms with van der Waals surface area (Å²) >= 11 is 0. The molecular formula is C27H21N. The van der Waals surface area contributed by atoms with E-state index in [0.29, 0.717) is 0 Å². The van der Waals surface area contributed by atoms with E-state index in [9.17, 15) is 0 Å². The Labute approximate surface area is 165 Å². The first kappa shape index (κ1) is 16.6. The third-order valence-electron chi connectivity index (χ3n) is 5.41. The van der Waals surface area contributed by atoms with Crippen molar-refractivity contribution in [3.05, 3.63) is 115 Å². The van der Waals surface area contributed by atoms with Crippen LogP contribution in [0.2, 0.25) is 0 Å². The lowest BCUT2D eigenvalue weighted by molar-refractivity contribution is 1.02. The van der Waals surface area contributed by atoms with Crippen LogP contribution in [0.3, 0.4) is 0 Å². The number of para-hydroxylation sites is 1. The van der Waals surface area contributed by atoms with Gasteiger partial charge in [-0.25, -0.2) is 0 Å². The second-order valence-electron chi connectivity index (χ2n) is 7.09. The fraction of sp³-hybridized carbons (Fsp3) is 0.0370. The van der Waals surface area contributed by atoms with E-state index in [4.69, 9.17) is 0 Å². The fourth-order valence-electron chi connectivity index (χ4n) is 4.07. The van der Waals surface area contributed by atoms with Gasteiger partial charge in [0, 0.05) is 16.9 Å². The van der Waals surface area contributed by atoms with Gasteiger partial charge in [-0.05, 0) is 47.0 Å². The summed E-state index contributed by atoms with van der Waals surface area (Å²) in [6.07, 6.45) is 0. The van der Waals surface area contributed by atoms with E-state index < -0.39 is 0 Å². The highest BCUT2D eigenvalue weighted by molar-refractivity contribution is 5.98. The maximum absolute atomic E-state index is 2.37. The van der Waals surface area contributed by atoms with Crippen LogP contribution in [0.25, 0.3) is 38.8 Å². The van der Waals surface area contributed by atoms with Crippen LogP contribution in [0.1, 0.15) is 5.69 Å². The average Bonchev–Trinajstić information content (AvgIpc) is 3.11. The van der Waals surface area contributed by atoms with Crippen LogP contribution in [0.4, 0.5) is 0 Å². The normalized spacial score (nSPS) is 11.0. The van der Waals surface area contributed by atoms with Gasteiger partial charge in [-0.15, -0.1) is 0 Å². The van der Waals surface area contributed by atoms with Gasteiger partial charge in [0.05, 0.1) is 5.69 Å². The van der Waals surface area contributed by atoms with Gasteiger partial charge >= 0.3 is 0 Å². The Bertz CT molecular complexity index is 1240. The molecule has 134 valence electrons. The summed E-state index contributed by atoms with van der Waals surface area (Å²) < 4.78 is 2.37. The Kier molecular flexibility index (Phi) is 4.06. The van der Waals surface area contributed by atoms with Crippen molar-refractivity contribution in [3.8, 4) is 28.1 Å². The van der Waals surface area contributed by atoms with Crippen LogP contribution in [-0.4, -0.2) is 4.57 Å². The van der Waals surface area contributed by atoms with E-state index in [1.807, 2.05) is 0 Å². The van der Waals surface area contributed by atoms with Crippen molar-refractivity contribution in [2.45, 2.75) is 6.92 Å². The van der Waals surface area contributed by atoms with Gasteiger partial charge in [-0.1, -0.05) is 91.0 Å². The molecule has 0 amide bonds. The predicted octanol–water partition coefficient (Wildman–Crippen LogP) is 7.27. The second-order valence-corrected chi connectivity index (χ2v) is 7.09. The van der Waals surface area contributed by atoms with Gasteiger partial charge in [-0.3, -0.25) is 0 Å². The zero-order chi connectivity index (χ0) is 18.9. The first-order valence-electron chi connectivity index (χ1n) is 9.64. The Morgan fingerprint density at radius 1 is 0.571 bits per heavy atom. The van der Waals surface area contributed by atoms with Gasteiger partial charge in [0.2, 0.25) is 0 Å². The summed E-state index contributed by atoms with van der Waals surface area (Å²) in [5, 5.41) is 2.56. The molecule has 5 aromatic rings. The number of benzene rings is 4. The molecule has 0 aliphatic rings. The molecule has 0 saturated carbocycles. The van der Waals surface area contributed by atoms with Gasteiger partial charge in [0.25, 0.3) is 0 Å². The molecule has 1 heterocycles. The minimum absolute atomic E-state index is 1.19. The molecule has 4 aromatic carbocycles. The zero-order valence-corrected chi connectivity index (χ0v) is 15.8. The molecule has 0 unspecified atom stereocenters. The Hall–Kier alpha value is -3.58. The van der Waals surface area contributed by atoms with E-state index in [-0.39, 0.29) is 0 Å². The van der Waals surface area contributed by atoms with Crippen LogP contribution < -0.4 is 0 Å². The fourth-order valence-corrected chi connectivity index (χ4v) is 4.07. The number of nitrogens with zero attached hydrogens (tertiary/aromatic N) is 1. The summed E-state index contributed by atoms with van der Waals surface area (Å²) in [7, 11) is 0. The van der Waals surface area contributed by atoms with Crippen LogP contribution in [0.5, 0.6) is 0 Å². The lowest BCUT2D eigenvalue weighted by Gasteiger charge is -2.13. The lowest BCUT2D eigenvalue weighted by Crippen LogP contribution is -1.99. The van der Waals surface area contributed by atoms with Crippen LogP contribution in [-0.2, 0) is 0 Å². The van der Waals surface area contributed by atoms with Gasteiger partial charge in [0.1, 0.15) is 0 Å². The standard InChI is InChI=1S/C27H21N/c1-20-26(25-18-10-14-21-11-8-9-17-24(21)25)19-27(22-12-4-2-5-13-22)28(20)23-15-6-3-7-16-23/h2-19H,1H3. The summed E-state index contributed by atoms with van der Waals surface area (Å²) in [6, 6.07) is 38.8. The molecule has 1 aromatic heterocycles. The lowest BCUT2D eigenvalue weighted by atomic mass is 9.98. The maximum atomic E-state index is 2.37. The highest BCUT2D eigenvalue weighted by atomic mass is 15.0. The van der Waals surface area contributed by atoms with Crippen molar-refractivity contribution in [1.29, 1.82) is 0 Å². The van der Waals surface area contributed by atoms with E-state index in [0.717, 1.165) is 0 Å². The largest absolute Gasteiger partial charge is 0.313 e. The third kappa shape index (κ3) is 2.73. The van der Waals surface area contributed by atoms with Crippen molar-refractivity contribution in [2.75, 3.05) is 0 Å². The first-order chi connectivity index (χ1) is 13.8. The molecule has 0 radical (unpaired) electrons. The van der Waals surface area contributed by atoms with Crippen LogP contribution >= 0.6 is 0 Å². The Balaban J connectivity index is 1.82. The minimum Gasteiger partial charge on any atom is -0.313 e. The maximum Gasteiger partial charge on any atom is 0.0537 e.